The monoisotopic (exact) mass is 214 g/mol. The predicted octanol–water partition coefficient (Wildman–Crippen LogP) is 3.07. The third kappa shape index (κ3) is 2.51. The minimum Gasteiger partial charge on any atom is -0.457 e. The van der Waals surface area contributed by atoms with Gasteiger partial charge in [-0.25, -0.2) is 4.98 Å². The summed E-state index contributed by atoms with van der Waals surface area (Å²) in [4.78, 5) is 3.91. The summed E-state index contributed by atoms with van der Waals surface area (Å²) in [7, 11) is 0. The Balaban J connectivity index is 2.27. The number of ether oxygens (including phenoxy) is 1. The molecular formula is C13H14N2O. The van der Waals surface area contributed by atoms with Crippen LogP contribution in [0.3, 0.4) is 0 Å². The van der Waals surface area contributed by atoms with Crippen LogP contribution < -0.4 is 10.5 Å². The molecule has 3 nitrogen and oxygen atoms in total. The molecule has 2 rings (SSSR count). The minimum absolute atomic E-state index is 0.460. The van der Waals surface area contributed by atoms with Crippen molar-refractivity contribution in [1.29, 1.82) is 0 Å². The Bertz CT molecular complexity index is 489. The van der Waals surface area contributed by atoms with Gasteiger partial charge in [0, 0.05) is 12.3 Å². The van der Waals surface area contributed by atoms with Crippen LogP contribution in [0, 0.1) is 13.8 Å². The number of nitrogen functional groups attached to an aromatic ring is 1. The molecule has 82 valence electrons. The molecule has 0 fully saturated rings. The standard InChI is InChI=1S/C13H14N2O/c1-9-5-10(2)7-12(6-9)16-11-3-4-15-13(14)8-11/h3-8H,1-2H3,(H2,14,15). The number of benzene rings is 1. The number of pyridine rings is 1. The lowest BCUT2D eigenvalue weighted by atomic mass is 10.1. The Morgan fingerprint density at radius 1 is 1.00 bits per heavy atom. The average Bonchev–Trinajstić information content (AvgIpc) is 2.15. The van der Waals surface area contributed by atoms with Gasteiger partial charge < -0.3 is 10.5 Å². The normalized spacial score (nSPS) is 10.1. The number of hydrogen-bond acceptors (Lipinski definition) is 3. The molecule has 2 aromatic rings. The van der Waals surface area contributed by atoms with Crippen molar-refractivity contribution in [1.82, 2.24) is 4.98 Å². The summed E-state index contributed by atoms with van der Waals surface area (Å²) in [6.45, 7) is 4.08. The van der Waals surface area contributed by atoms with E-state index >= 15 is 0 Å². The van der Waals surface area contributed by atoms with Crippen LogP contribution in [0.4, 0.5) is 5.82 Å². The number of hydrogen-bond donors (Lipinski definition) is 1. The van der Waals surface area contributed by atoms with E-state index < -0.39 is 0 Å². The van der Waals surface area contributed by atoms with Gasteiger partial charge >= 0.3 is 0 Å². The van der Waals surface area contributed by atoms with Crippen molar-refractivity contribution in [3.8, 4) is 11.5 Å². The summed E-state index contributed by atoms with van der Waals surface area (Å²) in [5, 5.41) is 0. The Kier molecular flexibility index (Phi) is 2.77. The lowest BCUT2D eigenvalue weighted by Crippen LogP contribution is -1.91. The van der Waals surface area contributed by atoms with E-state index in [-0.39, 0.29) is 0 Å². The molecule has 1 heterocycles. The van der Waals surface area contributed by atoms with E-state index in [4.69, 9.17) is 10.5 Å². The second-order valence-corrected chi connectivity index (χ2v) is 3.84. The zero-order chi connectivity index (χ0) is 11.5. The van der Waals surface area contributed by atoms with E-state index in [1.807, 2.05) is 26.0 Å². The fraction of sp³-hybridized carbons (Fsp3) is 0.154. The first-order valence-electron chi connectivity index (χ1n) is 5.11. The Morgan fingerprint density at radius 2 is 1.69 bits per heavy atom. The third-order valence-corrected chi connectivity index (χ3v) is 2.18. The van der Waals surface area contributed by atoms with Crippen LogP contribution in [0.2, 0.25) is 0 Å². The largest absolute Gasteiger partial charge is 0.457 e. The maximum absolute atomic E-state index is 5.70. The molecule has 16 heavy (non-hydrogen) atoms. The number of nitrogens with two attached hydrogens (primary N) is 1. The molecule has 0 aliphatic heterocycles. The van der Waals surface area contributed by atoms with Crippen LogP contribution in [0.1, 0.15) is 11.1 Å². The first-order chi connectivity index (χ1) is 7.63. The quantitative estimate of drug-likeness (QED) is 0.835. The zero-order valence-electron chi connectivity index (χ0n) is 9.40. The van der Waals surface area contributed by atoms with Gasteiger partial charge in [-0.15, -0.1) is 0 Å². The molecule has 0 spiro atoms. The molecule has 0 bridgehead atoms. The highest BCUT2D eigenvalue weighted by Gasteiger charge is 2.00. The molecule has 1 aromatic heterocycles. The van der Waals surface area contributed by atoms with E-state index in [9.17, 15) is 0 Å². The van der Waals surface area contributed by atoms with Gasteiger partial charge in [-0.3, -0.25) is 0 Å². The van der Waals surface area contributed by atoms with Crippen molar-refractivity contribution in [2.45, 2.75) is 13.8 Å². The van der Waals surface area contributed by atoms with E-state index in [0.29, 0.717) is 11.6 Å². The second kappa shape index (κ2) is 4.23. The van der Waals surface area contributed by atoms with Crippen molar-refractivity contribution in [3.63, 3.8) is 0 Å². The van der Waals surface area contributed by atoms with Crippen LogP contribution >= 0.6 is 0 Å². The Hall–Kier alpha value is -2.03. The van der Waals surface area contributed by atoms with Crippen LogP contribution in [-0.2, 0) is 0 Å². The summed E-state index contributed by atoms with van der Waals surface area (Å²) in [5.41, 5.74) is 7.94. The van der Waals surface area contributed by atoms with Gasteiger partial charge in [-0.2, -0.15) is 0 Å². The Morgan fingerprint density at radius 3 is 2.31 bits per heavy atom. The van der Waals surface area contributed by atoms with Crippen molar-refractivity contribution in [2.24, 2.45) is 0 Å². The molecule has 0 radical (unpaired) electrons. The Labute approximate surface area is 94.9 Å². The number of rotatable bonds is 2. The molecule has 0 unspecified atom stereocenters. The molecule has 0 aliphatic carbocycles. The first-order valence-corrected chi connectivity index (χ1v) is 5.11. The van der Waals surface area contributed by atoms with E-state index in [1.165, 1.54) is 11.1 Å². The van der Waals surface area contributed by atoms with Crippen molar-refractivity contribution in [2.75, 3.05) is 5.73 Å². The van der Waals surface area contributed by atoms with Gasteiger partial charge in [-0.1, -0.05) is 6.07 Å². The van der Waals surface area contributed by atoms with E-state index in [1.54, 1.807) is 18.3 Å². The number of aromatic nitrogens is 1. The van der Waals surface area contributed by atoms with Crippen LogP contribution in [0.5, 0.6) is 11.5 Å². The maximum atomic E-state index is 5.70. The SMILES string of the molecule is Cc1cc(C)cc(Oc2ccnc(N)c2)c1. The summed E-state index contributed by atoms with van der Waals surface area (Å²) in [5.74, 6) is 1.99. The summed E-state index contributed by atoms with van der Waals surface area (Å²) in [6.07, 6.45) is 1.63. The third-order valence-electron chi connectivity index (χ3n) is 2.18. The molecule has 0 atom stereocenters. The van der Waals surface area contributed by atoms with Crippen molar-refractivity contribution < 1.29 is 4.74 Å². The maximum Gasteiger partial charge on any atom is 0.132 e. The zero-order valence-corrected chi connectivity index (χ0v) is 9.40. The van der Waals surface area contributed by atoms with Crippen molar-refractivity contribution >= 4 is 5.82 Å². The molecule has 0 amide bonds. The highest BCUT2D eigenvalue weighted by Crippen LogP contribution is 2.24. The highest BCUT2D eigenvalue weighted by molar-refractivity contribution is 5.40. The number of aryl methyl sites for hydroxylation is 2. The molecule has 1 aromatic carbocycles. The van der Waals surface area contributed by atoms with Crippen molar-refractivity contribution in [3.05, 3.63) is 47.7 Å². The molecular weight excluding hydrogens is 200 g/mol. The summed E-state index contributed by atoms with van der Waals surface area (Å²) < 4.78 is 5.70. The fourth-order valence-corrected chi connectivity index (χ4v) is 1.62. The van der Waals surface area contributed by atoms with E-state index in [2.05, 4.69) is 11.1 Å². The molecule has 2 N–H and O–H groups in total. The van der Waals surface area contributed by atoms with Gasteiger partial charge in [0.15, 0.2) is 0 Å². The molecule has 3 heteroatoms. The van der Waals surface area contributed by atoms with Crippen LogP contribution in [0.25, 0.3) is 0 Å². The lowest BCUT2D eigenvalue weighted by Gasteiger charge is -2.07. The predicted molar refractivity (Wildman–Crippen MR) is 64.6 cm³/mol. The van der Waals surface area contributed by atoms with Gasteiger partial charge in [0.05, 0.1) is 0 Å². The topological polar surface area (TPSA) is 48.1 Å². The minimum atomic E-state index is 0.460. The van der Waals surface area contributed by atoms with Gasteiger partial charge in [0.1, 0.15) is 17.3 Å². The highest BCUT2D eigenvalue weighted by atomic mass is 16.5. The lowest BCUT2D eigenvalue weighted by molar-refractivity contribution is 0.481. The van der Waals surface area contributed by atoms with E-state index in [0.717, 1.165) is 5.75 Å². The van der Waals surface area contributed by atoms with Gasteiger partial charge in [0.2, 0.25) is 0 Å². The van der Waals surface area contributed by atoms with Crippen LogP contribution in [0.15, 0.2) is 36.5 Å². The number of anilines is 1. The molecule has 0 saturated heterocycles. The average molecular weight is 214 g/mol. The smallest absolute Gasteiger partial charge is 0.132 e. The summed E-state index contributed by atoms with van der Waals surface area (Å²) in [6, 6.07) is 9.58. The van der Waals surface area contributed by atoms with Gasteiger partial charge in [0.25, 0.3) is 0 Å². The van der Waals surface area contributed by atoms with Crippen LogP contribution in [-0.4, -0.2) is 4.98 Å². The fourth-order valence-electron chi connectivity index (χ4n) is 1.62. The molecule has 0 aliphatic rings. The second-order valence-electron chi connectivity index (χ2n) is 3.84. The first kappa shape index (κ1) is 10.5. The van der Waals surface area contributed by atoms with Gasteiger partial charge in [-0.05, 0) is 43.2 Å². The summed E-state index contributed by atoms with van der Waals surface area (Å²) >= 11 is 0. The molecule has 0 saturated carbocycles. The number of nitrogens with zero attached hydrogens (tertiary/aromatic N) is 1.